The molecule has 0 aromatic carbocycles. The zero-order valence-corrected chi connectivity index (χ0v) is 20.7. The van der Waals surface area contributed by atoms with Crippen LogP contribution in [-0.2, 0) is 0 Å². The van der Waals surface area contributed by atoms with Crippen molar-refractivity contribution in [3.63, 3.8) is 0 Å². The molecule has 4 saturated carbocycles. The van der Waals surface area contributed by atoms with Crippen molar-refractivity contribution in [3.05, 3.63) is 12.2 Å². The van der Waals surface area contributed by atoms with E-state index in [4.69, 9.17) is 6.58 Å². The lowest BCUT2D eigenvalue weighted by Gasteiger charge is -2.61. The van der Waals surface area contributed by atoms with Gasteiger partial charge in [0.25, 0.3) is 0 Å². The second kappa shape index (κ2) is 9.70. The Bertz CT molecular complexity index is 504. The molecule has 0 radical (unpaired) electrons. The highest BCUT2D eigenvalue weighted by molar-refractivity contribution is 5.24. The molecular weight excluding hydrogens is 336 g/mol. The fourth-order valence-corrected chi connectivity index (χ4v) is 8.29. The van der Waals surface area contributed by atoms with Gasteiger partial charge in [-0.3, -0.25) is 0 Å². The molecule has 0 saturated heterocycles. The molecule has 0 amide bonds. The fraction of sp³-hybridized carbons (Fsp3) is 0.929. The minimum absolute atomic E-state index is 0.475. The molecule has 4 aliphatic rings. The van der Waals surface area contributed by atoms with E-state index in [1.807, 2.05) is 27.7 Å². The Balaban J connectivity index is 0.000000660. The zero-order valence-electron chi connectivity index (χ0n) is 20.7. The summed E-state index contributed by atoms with van der Waals surface area (Å²) in [5.41, 5.74) is 2.76. The minimum atomic E-state index is 0.475. The number of allylic oxidation sites excluding steroid dienone is 1. The maximum absolute atomic E-state index is 4.74. The van der Waals surface area contributed by atoms with Gasteiger partial charge in [0.05, 0.1) is 0 Å². The van der Waals surface area contributed by atoms with Crippen LogP contribution in [-0.4, -0.2) is 0 Å². The predicted octanol–water partition coefficient (Wildman–Crippen LogP) is 9.30. The Labute approximate surface area is 178 Å². The van der Waals surface area contributed by atoms with E-state index >= 15 is 0 Å². The smallest absolute Gasteiger partial charge is 0.00597 e. The van der Waals surface area contributed by atoms with Gasteiger partial charge in [-0.25, -0.2) is 0 Å². The van der Waals surface area contributed by atoms with Crippen molar-refractivity contribution in [2.24, 2.45) is 46.3 Å². The molecule has 7 unspecified atom stereocenters. The SMILES string of the molecule is C=C1CC2C(CCC3C[C@H](C)CCC32C)C2CCC(CCC)C12C.CC.CC. The summed E-state index contributed by atoms with van der Waals surface area (Å²) >= 11 is 0. The van der Waals surface area contributed by atoms with Crippen LogP contribution in [0.15, 0.2) is 12.2 Å². The Morgan fingerprint density at radius 3 is 2.25 bits per heavy atom. The summed E-state index contributed by atoms with van der Waals surface area (Å²) in [6.45, 7) is 22.9. The van der Waals surface area contributed by atoms with Crippen molar-refractivity contribution in [2.75, 3.05) is 0 Å². The van der Waals surface area contributed by atoms with E-state index in [9.17, 15) is 0 Å². The number of hydrogen-bond donors (Lipinski definition) is 0. The van der Waals surface area contributed by atoms with Crippen molar-refractivity contribution >= 4 is 0 Å². The number of hydrogen-bond acceptors (Lipinski definition) is 0. The first-order chi connectivity index (χ1) is 13.4. The van der Waals surface area contributed by atoms with Crippen molar-refractivity contribution < 1.29 is 0 Å². The highest BCUT2D eigenvalue weighted by atomic mass is 14.6. The van der Waals surface area contributed by atoms with Gasteiger partial charge in [0.2, 0.25) is 0 Å². The van der Waals surface area contributed by atoms with E-state index < -0.39 is 0 Å². The average Bonchev–Trinajstić information content (AvgIpc) is 3.05. The second-order valence-electron chi connectivity index (χ2n) is 10.7. The molecule has 4 rings (SSSR count). The van der Waals surface area contributed by atoms with Crippen LogP contribution in [0, 0.1) is 46.3 Å². The molecule has 0 aromatic rings. The number of rotatable bonds is 2. The standard InChI is InChI=1S/C24H40.2C2H6/c1-6-7-18-9-11-21-20-10-8-19-14-16(2)12-13-23(19,4)22(20)15-17(3)24(18,21)5;2*1-2/h16,18-22H,3,6-15H2,1-2,4-5H3;2*1-2H3/t16-,18?,19?,20?,21?,22?,23?,24?;;/m1../s1. The van der Waals surface area contributed by atoms with Gasteiger partial charge in [-0.15, -0.1) is 0 Å². The van der Waals surface area contributed by atoms with Crippen LogP contribution in [0.4, 0.5) is 0 Å². The lowest BCUT2D eigenvalue weighted by Crippen LogP contribution is -2.54. The van der Waals surface area contributed by atoms with E-state index in [0.29, 0.717) is 10.8 Å². The first-order valence-electron chi connectivity index (χ1n) is 13.1. The maximum atomic E-state index is 4.74. The average molecular weight is 389 g/mol. The third kappa shape index (κ3) is 3.76. The van der Waals surface area contributed by atoms with Gasteiger partial charge in [0.15, 0.2) is 0 Å². The van der Waals surface area contributed by atoms with Crippen molar-refractivity contribution in [3.8, 4) is 0 Å². The summed E-state index contributed by atoms with van der Waals surface area (Å²) < 4.78 is 0. The fourth-order valence-electron chi connectivity index (χ4n) is 8.29. The topological polar surface area (TPSA) is 0 Å². The Morgan fingerprint density at radius 2 is 1.61 bits per heavy atom. The minimum Gasteiger partial charge on any atom is -0.0993 e. The molecule has 4 aliphatic carbocycles. The van der Waals surface area contributed by atoms with E-state index in [1.54, 1.807) is 5.57 Å². The van der Waals surface area contributed by atoms with Crippen LogP contribution in [0.1, 0.15) is 120 Å². The lowest BCUT2D eigenvalue weighted by atomic mass is 9.43. The molecule has 164 valence electrons. The number of fused-ring (bicyclic) bond motifs is 5. The summed E-state index contributed by atoms with van der Waals surface area (Å²) in [5, 5.41) is 0. The maximum Gasteiger partial charge on any atom is -0.00597 e. The summed E-state index contributed by atoms with van der Waals surface area (Å²) in [7, 11) is 0. The lowest BCUT2D eigenvalue weighted by molar-refractivity contribution is -0.0962. The predicted molar refractivity (Wildman–Crippen MR) is 127 cm³/mol. The Hall–Kier alpha value is -0.260. The molecule has 0 N–H and O–H groups in total. The molecule has 8 atom stereocenters. The quantitative estimate of drug-likeness (QED) is 0.413. The van der Waals surface area contributed by atoms with Gasteiger partial charge >= 0.3 is 0 Å². The third-order valence-corrected chi connectivity index (χ3v) is 9.83. The van der Waals surface area contributed by atoms with Gasteiger partial charge in [0, 0.05) is 0 Å². The molecule has 28 heavy (non-hydrogen) atoms. The molecule has 0 heteroatoms. The van der Waals surface area contributed by atoms with Gasteiger partial charge in [-0.05, 0) is 97.7 Å². The van der Waals surface area contributed by atoms with Gasteiger partial charge in [0.1, 0.15) is 0 Å². The molecule has 0 aromatic heterocycles. The largest absolute Gasteiger partial charge is 0.0993 e. The summed E-state index contributed by atoms with van der Waals surface area (Å²) in [4.78, 5) is 0. The van der Waals surface area contributed by atoms with Crippen molar-refractivity contribution in [1.82, 2.24) is 0 Å². The molecule has 0 aliphatic heterocycles. The highest BCUT2D eigenvalue weighted by Gasteiger charge is 2.60. The van der Waals surface area contributed by atoms with E-state index in [1.165, 1.54) is 64.2 Å². The molecule has 4 fully saturated rings. The molecule has 0 bridgehead atoms. The summed E-state index contributed by atoms with van der Waals surface area (Å²) in [5.74, 6) is 5.83. The van der Waals surface area contributed by atoms with E-state index in [-0.39, 0.29) is 0 Å². The van der Waals surface area contributed by atoms with Crippen LogP contribution in [0.2, 0.25) is 0 Å². The monoisotopic (exact) mass is 388 g/mol. The van der Waals surface area contributed by atoms with Crippen LogP contribution >= 0.6 is 0 Å². The third-order valence-electron chi connectivity index (χ3n) is 9.83. The van der Waals surface area contributed by atoms with Crippen LogP contribution in [0.3, 0.4) is 0 Å². The normalized spacial score (nSPS) is 46.8. The first-order valence-corrected chi connectivity index (χ1v) is 13.1. The van der Waals surface area contributed by atoms with E-state index in [0.717, 1.165) is 35.5 Å². The zero-order chi connectivity index (χ0) is 21.1. The van der Waals surface area contributed by atoms with Crippen LogP contribution in [0.25, 0.3) is 0 Å². The molecule has 0 nitrogen and oxygen atoms in total. The first kappa shape index (κ1) is 24.0. The summed E-state index contributed by atoms with van der Waals surface area (Å²) in [6.07, 6.45) is 14.7. The van der Waals surface area contributed by atoms with Crippen molar-refractivity contribution in [1.29, 1.82) is 0 Å². The summed E-state index contributed by atoms with van der Waals surface area (Å²) in [6, 6.07) is 0. The second-order valence-corrected chi connectivity index (χ2v) is 10.7. The van der Waals surface area contributed by atoms with Gasteiger partial charge < -0.3 is 0 Å². The van der Waals surface area contributed by atoms with Crippen molar-refractivity contribution in [2.45, 2.75) is 120 Å². The van der Waals surface area contributed by atoms with Crippen LogP contribution < -0.4 is 0 Å². The van der Waals surface area contributed by atoms with Gasteiger partial charge in [-0.2, -0.15) is 0 Å². The Kier molecular flexibility index (Phi) is 8.32. The molecule has 0 spiro atoms. The van der Waals surface area contributed by atoms with E-state index in [2.05, 4.69) is 27.7 Å². The Morgan fingerprint density at radius 1 is 0.929 bits per heavy atom. The molecular formula is C28H52. The van der Waals surface area contributed by atoms with Gasteiger partial charge in [-0.1, -0.05) is 80.4 Å². The highest BCUT2D eigenvalue weighted by Crippen LogP contribution is 2.69. The van der Waals surface area contributed by atoms with Crippen LogP contribution in [0.5, 0.6) is 0 Å². The molecule has 0 heterocycles.